The SMILES string of the molecule is CC(C)CC(C)C1CCCCC1N.Cc1nn(C)c(F)c1C(=O)Cl.Cc1nn(C)c(F)c1C(=O)NC1CCCCC1C(C)CC(C)C.Cl. The molecule has 2 heterocycles. The summed E-state index contributed by atoms with van der Waals surface area (Å²) in [5, 5.41) is 9.96. The molecule has 0 aliphatic heterocycles. The Labute approximate surface area is 299 Å². The first-order valence-corrected chi connectivity index (χ1v) is 18.0. The Bertz CT molecular complexity index is 1300. The predicted molar refractivity (Wildman–Crippen MR) is 194 cm³/mol. The lowest BCUT2D eigenvalue weighted by atomic mass is 9.74. The van der Waals surface area contributed by atoms with Gasteiger partial charge in [0.1, 0.15) is 11.1 Å². The molecular formula is C36H62Cl2F2N6O2. The summed E-state index contributed by atoms with van der Waals surface area (Å²) < 4.78 is 29.1. The zero-order valence-electron chi connectivity index (χ0n) is 30.9. The molecule has 2 saturated carbocycles. The third-order valence-electron chi connectivity index (χ3n) is 9.89. The first-order valence-electron chi connectivity index (χ1n) is 17.6. The Morgan fingerprint density at radius 1 is 0.792 bits per heavy atom. The molecule has 2 aliphatic rings. The quantitative estimate of drug-likeness (QED) is 0.252. The van der Waals surface area contributed by atoms with Crippen LogP contribution in [-0.2, 0) is 14.1 Å². The van der Waals surface area contributed by atoms with Crippen LogP contribution in [0.1, 0.15) is 138 Å². The number of nitrogens with two attached hydrogens (primary N) is 1. The summed E-state index contributed by atoms with van der Waals surface area (Å²) in [6.07, 6.45) is 12.4. The average molecular weight is 720 g/mol. The first-order chi connectivity index (χ1) is 22.0. The highest BCUT2D eigenvalue weighted by Gasteiger charge is 2.32. The number of nitrogens with one attached hydrogen (secondary N) is 1. The number of carbonyl (C=O) groups is 2. The Hall–Kier alpha value is -2.04. The molecule has 276 valence electrons. The van der Waals surface area contributed by atoms with Gasteiger partial charge in [0.2, 0.25) is 11.9 Å². The van der Waals surface area contributed by atoms with E-state index in [0.29, 0.717) is 35.2 Å². The highest BCUT2D eigenvalue weighted by molar-refractivity contribution is 6.67. The standard InChI is InChI=1S/C18H30FN3O.C12H25N.C6H6ClFN2O.ClH/c1-11(2)10-12(3)14-8-6-7-9-15(14)20-18(23)16-13(4)21-22(5)17(16)19;1-9(2)8-10(3)11-6-4-5-7-12(11)13;1-3-4(5(7)11)6(8)10(2)9-3;/h11-12,14-15H,6-10H2,1-5H3,(H,20,23);9-12H,4-8,13H2,1-3H3;1-2H3;1H. The van der Waals surface area contributed by atoms with E-state index in [9.17, 15) is 18.4 Å². The number of hydrogen-bond acceptors (Lipinski definition) is 5. The molecule has 1 amide bonds. The van der Waals surface area contributed by atoms with Crippen molar-refractivity contribution in [3.05, 3.63) is 34.4 Å². The highest BCUT2D eigenvalue weighted by Crippen LogP contribution is 2.34. The smallest absolute Gasteiger partial charge is 0.258 e. The van der Waals surface area contributed by atoms with Crippen LogP contribution in [-0.4, -0.2) is 42.8 Å². The zero-order chi connectivity index (χ0) is 35.6. The summed E-state index contributed by atoms with van der Waals surface area (Å²) in [4.78, 5) is 23.1. The van der Waals surface area contributed by atoms with Crippen LogP contribution < -0.4 is 11.1 Å². The number of aromatic nitrogens is 4. The van der Waals surface area contributed by atoms with E-state index in [0.717, 1.165) is 52.8 Å². The van der Waals surface area contributed by atoms with Crippen LogP contribution in [0.3, 0.4) is 0 Å². The van der Waals surface area contributed by atoms with Gasteiger partial charge in [-0.15, -0.1) is 12.4 Å². The molecule has 0 spiro atoms. The molecule has 0 aromatic carbocycles. The number of nitrogens with zero attached hydrogens (tertiary/aromatic N) is 4. The van der Waals surface area contributed by atoms with E-state index in [4.69, 9.17) is 17.3 Å². The molecule has 3 N–H and O–H groups in total. The third kappa shape index (κ3) is 12.7. The second kappa shape index (κ2) is 20.6. The minimum absolute atomic E-state index is 0. The van der Waals surface area contributed by atoms with Crippen molar-refractivity contribution in [2.75, 3.05) is 0 Å². The molecular weight excluding hydrogens is 657 g/mol. The normalized spacial score (nSPS) is 22.1. The minimum atomic E-state index is -0.812. The van der Waals surface area contributed by atoms with Crippen LogP contribution in [0.2, 0.25) is 0 Å². The van der Waals surface area contributed by atoms with E-state index >= 15 is 0 Å². The van der Waals surface area contributed by atoms with Gasteiger partial charge in [-0.3, -0.25) is 9.59 Å². The van der Waals surface area contributed by atoms with Crippen LogP contribution in [0.5, 0.6) is 0 Å². The van der Waals surface area contributed by atoms with E-state index < -0.39 is 17.1 Å². The van der Waals surface area contributed by atoms with Gasteiger partial charge in [-0.2, -0.15) is 19.0 Å². The summed E-state index contributed by atoms with van der Waals surface area (Å²) in [7, 11) is 2.93. The molecule has 0 radical (unpaired) electrons. The number of amides is 1. The van der Waals surface area contributed by atoms with Crippen molar-refractivity contribution in [3.63, 3.8) is 0 Å². The van der Waals surface area contributed by atoms with Crippen molar-refractivity contribution in [2.45, 2.75) is 132 Å². The molecule has 4 rings (SSSR count). The van der Waals surface area contributed by atoms with E-state index in [1.54, 1.807) is 6.92 Å². The largest absolute Gasteiger partial charge is 0.349 e. The van der Waals surface area contributed by atoms with Gasteiger partial charge in [0.15, 0.2) is 0 Å². The molecule has 48 heavy (non-hydrogen) atoms. The third-order valence-corrected chi connectivity index (χ3v) is 10.1. The second-order valence-corrected chi connectivity index (χ2v) is 15.2. The van der Waals surface area contributed by atoms with Crippen molar-refractivity contribution in [1.29, 1.82) is 0 Å². The van der Waals surface area contributed by atoms with Crippen LogP contribution in [0.25, 0.3) is 0 Å². The molecule has 2 aromatic rings. The lowest BCUT2D eigenvalue weighted by Gasteiger charge is -2.37. The van der Waals surface area contributed by atoms with Gasteiger partial charge in [-0.25, -0.2) is 9.36 Å². The Morgan fingerprint density at radius 2 is 1.21 bits per heavy atom. The van der Waals surface area contributed by atoms with E-state index in [1.165, 1.54) is 59.5 Å². The molecule has 6 atom stereocenters. The van der Waals surface area contributed by atoms with E-state index in [2.05, 4.69) is 57.1 Å². The van der Waals surface area contributed by atoms with E-state index in [-0.39, 0.29) is 35.5 Å². The van der Waals surface area contributed by atoms with Crippen molar-refractivity contribution < 1.29 is 18.4 Å². The summed E-state index contributed by atoms with van der Waals surface area (Å²) in [5.41, 5.74) is 6.86. The highest BCUT2D eigenvalue weighted by atomic mass is 35.5. The monoisotopic (exact) mass is 718 g/mol. The Morgan fingerprint density at radius 3 is 1.60 bits per heavy atom. The number of carbonyl (C=O) groups excluding carboxylic acids is 2. The van der Waals surface area contributed by atoms with Gasteiger partial charge in [-0.05, 0) is 99.5 Å². The number of halogens is 4. The van der Waals surface area contributed by atoms with Gasteiger partial charge in [0.25, 0.3) is 11.1 Å². The number of rotatable bonds is 9. The van der Waals surface area contributed by atoms with Gasteiger partial charge in [0.05, 0.1) is 11.4 Å². The van der Waals surface area contributed by atoms with Crippen LogP contribution in [0.4, 0.5) is 8.78 Å². The molecule has 8 nitrogen and oxygen atoms in total. The van der Waals surface area contributed by atoms with Crippen molar-refractivity contribution >= 4 is 35.2 Å². The van der Waals surface area contributed by atoms with Gasteiger partial charge >= 0.3 is 0 Å². The van der Waals surface area contributed by atoms with Gasteiger partial charge in [-0.1, -0.05) is 67.2 Å². The first kappa shape index (κ1) is 44.0. The fourth-order valence-corrected chi connectivity index (χ4v) is 7.95. The van der Waals surface area contributed by atoms with E-state index in [1.807, 2.05) is 0 Å². The van der Waals surface area contributed by atoms with Crippen LogP contribution in [0, 0.1) is 61.3 Å². The van der Waals surface area contributed by atoms with Crippen molar-refractivity contribution in [1.82, 2.24) is 24.9 Å². The fourth-order valence-electron chi connectivity index (χ4n) is 7.73. The van der Waals surface area contributed by atoms with Crippen LogP contribution >= 0.6 is 24.0 Å². The molecule has 2 aromatic heterocycles. The number of hydrogen-bond donors (Lipinski definition) is 2. The average Bonchev–Trinajstić information content (AvgIpc) is 3.39. The summed E-state index contributed by atoms with van der Waals surface area (Å²) in [6.45, 7) is 17.0. The van der Waals surface area contributed by atoms with Crippen molar-refractivity contribution in [2.24, 2.45) is 55.3 Å². The van der Waals surface area contributed by atoms with Crippen LogP contribution in [0.15, 0.2) is 0 Å². The molecule has 12 heteroatoms. The molecule has 6 unspecified atom stereocenters. The Kier molecular flexibility index (Phi) is 18.9. The lowest BCUT2D eigenvalue weighted by Crippen LogP contribution is -2.44. The van der Waals surface area contributed by atoms with Crippen molar-refractivity contribution in [3.8, 4) is 0 Å². The molecule has 0 saturated heterocycles. The maximum absolute atomic E-state index is 14.1. The summed E-state index contributed by atoms with van der Waals surface area (Å²) >= 11 is 5.09. The molecule has 0 bridgehead atoms. The number of aryl methyl sites for hydroxylation is 4. The fraction of sp³-hybridized carbons (Fsp3) is 0.778. The predicted octanol–water partition coefficient (Wildman–Crippen LogP) is 8.69. The second-order valence-electron chi connectivity index (χ2n) is 14.9. The maximum Gasteiger partial charge on any atom is 0.258 e. The molecule has 2 fully saturated rings. The summed E-state index contributed by atoms with van der Waals surface area (Å²) in [5.74, 6) is 2.60. The zero-order valence-corrected chi connectivity index (χ0v) is 32.5. The minimum Gasteiger partial charge on any atom is -0.349 e. The topological polar surface area (TPSA) is 108 Å². The summed E-state index contributed by atoms with van der Waals surface area (Å²) in [6, 6.07) is 0.631. The van der Waals surface area contributed by atoms with Gasteiger partial charge in [0, 0.05) is 26.2 Å². The van der Waals surface area contributed by atoms with Gasteiger partial charge < -0.3 is 11.1 Å². The lowest BCUT2D eigenvalue weighted by molar-refractivity contribution is 0.0872. The molecule has 2 aliphatic carbocycles. The maximum atomic E-state index is 14.1. The Balaban J connectivity index is 0.000000391.